The van der Waals surface area contributed by atoms with E-state index < -0.39 is 6.04 Å². The molecular formula is C11H19NO4. The number of nitrogens with one attached hydrogen (secondary N) is 1. The molecule has 1 amide bonds. The molecule has 0 aromatic heterocycles. The van der Waals surface area contributed by atoms with Crippen molar-refractivity contribution in [2.24, 2.45) is 0 Å². The van der Waals surface area contributed by atoms with Crippen molar-refractivity contribution in [3.8, 4) is 0 Å². The minimum Gasteiger partial charge on any atom is -0.466 e. The zero-order chi connectivity index (χ0) is 12.6. The molecule has 0 radical (unpaired) electrons. The molecule has 0 aliphatic rings. The Morgan fingerprint density at radius 3 is 2.31 bits per heavy atom. The van der Waals surface area contributed by atoms with Crippen LogP contribution in [-0.4, -0.2) is 30.3 Å². The van der Waals surface area contributed by atoms with Gasteiger partial charge < -0.3 is 10.1 Å². The van der Waals surface area contributed by atoms with Crippen molar-refractivity contribution in [2.45, 2.75) is 46.1 Å². The van der Waals surface area contributed by atoms with Crippen LogP contribution in [0, 0.1) is 0 Å². The zero-order valence-corrected chi connectivity index (χ0v) is 10.0. The molecule has 92 valence electrons. The van der Waals surface area contributed by atoms with Gasteiger partial charge in [0.05, 0.1) is 19.1 Å². The van der Waals surface area contributed by atoms with E-state index >= 15 is 0 Å². The van der Waals surface area contributed by atoms with Crippen molar-refractivity contribution in [3.05, 3.63) is 0 Å². The number of carbonyl (C=O) groups excluding carboxylic acids is 3. The molecule has 0 aliphatic carbocycles. The van der Waals surface area contributed by atoms with Gasteiger partial charge in [-0.25, -0.2) is 0 Å². The van der Waals surface area contributed by atoms with Gasteiger partial charge in [0.1, 0.15) is 0 Å². The normalized spacial score (nSPS) is 11.7. The molecule has 0 rings (SSSR count). The van der Waals surface area contributed by atoms with Crippen LogP contribution in [0.5, 0.6) is 0 Å². The summed E-state index contributed by atoms with van der Waals surface area (Å²) in [6.45, 7) is 5.35. The number of esters is 1. The van der Waals surface area contributed by atoms with E-state index in [0.717, 1.165) is 0 Å². The third-order valence-electron chi connectivity index (χ3n) is 2.06. The fourth-order valence-electron chi connectivity index (χ4n) is 1.10. The highest BCUT2D eigenvalue weighted by molar-refractivity contribution is 5.90. The van der Waals surface area contributed by atoms with Gasteiger partial charge in [-0.15, -0.1) is 0 Å². The SMILES string of the molecule is CCOC(=O)CCC(=O)[C@H](C)NC(=O)CC. The second kappa shape index (κ2) is 7.84. The Kier molecular flexibility index (Phi) is 7.16. The number of amides is 1. The average molecular weight is 229 g/mol. The van der Waals surface area contributed by atoms with E-state index in [1.807, 2.05) is 0 Å². The molecule has 0 aromatic carbocycles. The van der Waals surface area contributed by atoms with E-state index in [1.54, 1.807) is 20.8 Å². The largest absolute Gasteiger partial charge is 0.466 e. The van der Waals surface area contributed by atoms with Crippen LogP contribution in [0.25, 0.3) is 0 Å². The summed E-state index contributed by atoms with van der Waals surface area (Å²) in [5.74, 6) is -0.711. The molecule has 0 bridgehead atoms. The molecule has 0 saturated carbocycles. The molecule has 0 fully saturated rings. The quantitative estimate of drug-likeness (QED) is 0.656. The van der Waals surface area contributed by atoms with Gasteiger partial charge in [-0.2, -0.15) is 0 Å². The van der Waals surface area contributed by atoms with E-state index in [0.29, 0.717) is 13.0 Å². The van der Waals surface area contributed by atoms with Gasteiger partial charge in [0.2, 0.25) is 5.91 Å². The third kappa shape index (κ3) is 6.16. The predicted octanol–water partition coefficient (Wildman–Crippen LogP) is 0.813. The highest BCUT2D eigenvalue weighted by Gasteiger charge is 2.16. The van der Waals surface area contributed by atoms with E-state index in [9.17, 15) is 14.4 Å². The highest BCUT2D eigenvalue weighted by Crippen LogP contribution is 1.98. The number of ketones is 1. The lowest BCUT2D eigenvalue weighted by molar-refractivity contribution is -0.144. The molecule has 0 aliphatic heterocycles. The molecule has 1 N–H and O–H groups in total. The van der Waals surface area contributed by atoms with Crippen molar-refractivity contribution in [1.82, 2.24) is 5.32 Å². The molecule has 5 nitrogen and oxygen atoms in total. The lowest BCUT2D eigenvalue weighted by atomic mass is 10.1. The number of Topliss-reactive ketones (excluding diaryl/α,β-unsaturated/α-hetero) is 1. The Morgan fingerprint density at radius 1 is 1.19 bits per heavy atom. The molecule has 16 heavy (non-hydrogen) atoms. The minimum absolute atomic E-state index is 0.0685. The van der Waals surface area contributed by atoms with Gasteiger partial charge in [-0.1, -0.05) is 6.92 Å². The second-order valence-corrected chi connectivity index (χ2v) is 3.41. The Morgan fingerprint density at radius 2 is 1.81 bits per heavy atom. The smallest absolute Gasteiger partial charge is 0.306 e. The minimum atomic E-state index is -0.540. The number of hydrogen-bond donors (Lipinski definition) is 1. The van der Waals surface area contributed by atoms with Gasteiger partial charge in [-0.05, 0) is 13.8 Å². The molecule has 0 heterocycles. The van der Waals surface area contributed by atoms with Crippen LogP contribution < -0.4 is 5.32 Å². The summed E-state index contributed by atoms with van der Waals surface area (Å²) in [6.07, 6.45) is 0.512. The van der Waals surface area contributed by atoms with Gasteiger partial charge >= 0.3 is 5.97 Å². The first kappa shape index (κ1) is 14.6. The average Bonchev–Trinajstić information content (AvgIpc) is 2.25. The monoisotopic (exact) mass is 229 g/mol. The molecule has 0 aromatic rings. The summed E-state index contributed by atoms with van der Waals surface area (Å²) in [7, 11) is 0. The third-order valence-corrected chi connectivity index (χ3v) is 2.06. The maximum atomic E-state index is 11.5. The number of rotatable bonds is 7. The van der Waals surface area contributed by atoms with Crippen LogP contribution in [-0.2, 0) is 19.1 Å². The Balaban J connectivity index is 3.87. The first-order chi connectivity index (χ1) is 7.51. The van der Waals surface area contributed by atoms with E-state index in [2.05, 4.69) is 5.32 Å². The van der Waals surface area contributed by atoms with Crippen molar-refractivity contribution >= 4 is 17.7 Å². The maximum Gasteiger partial charge on any atom is 0.306 e. The van der Waals surface area contributed by atoms with Crippen molar-refractivity contribution in [2.75, 3.05) is 6.61 Å². The Labute approximate surface area is 95.5 Å². The first-order valence-electron chi connectivity index (χ1n) is 5.48. The summed E-state index contributed by atoms with van der Waals surface area (Å²) in [6, 6.07) is -0.540. The van der Waals surface area contributed by atoms with Gasteiger partial charge in [-0.3, -0.25) is 14.4 Å². The van der Waals surface area contributed by atoms with Crippen molar-refractivity contribution in [1.29, 1.82) is 0 Å². The number of carbonyl (C=O) groups is 3. The molecule has 0 saturated heterocycles. The highest BCUT2D eigenvalue weighted by atomic mass is 16.5. The van der Waals surface area contributed by atoms with Crippen LogP contribution in [0.3, 0.4) is 0 Å². The van der Waals surface area contributed by atoms with E-state index in [1.165, 1.54) is 0 Å². The summed E-state index contributed by atoms with van der Waals surface area (Å²) in [5, 5.41) is 2.54. The number of hydrogen-bond acceptors (Lipinski definition) is 4. The van der Waals surface area contributed by atoms with Crippen LogP contribution in [0.4, 0.5) is 0 Å². The standard InChI is InChI=1S/C11H19NO4/c1-4-10(14)12-8(3)9(13)6-7-11(15)16-5-2/h8H,4-7H2,1-3H3,(H,12,14)/t8-/m0/s1. The fourth-order valence-corrected chi connectivity index (χ4v) is 1.10. The Hall–Kier alpha value is -1.39. The maximum absolute atomic E-state index is 11.5. The summed E-state index contributed by atoms with van der Waals surface area (Å²) in [5.41, 5.74) is 0. The van der Waals surface area contributed by atoms with Crippen LogP contribution in [0.15, 0.2) is 0 Å². The zero-order valence-electron chi connectivity index (χ0n) is 10.0. The number of ether oxygens (including phenoxy) is 1. The van der Waals surface area contributed by atoms with Gasteiger partial charge in [0.15, 0.2) is 5.78 Å². The molecule has 0 spiro atoms. The fraction of sp³-hybridized carbons (Fsp3) is 0.727. The van der Waals surface area contributed by atoms with E-state index in [-0.39, 0.29) is 30.5 Å². The molecular weight excluding hydrogens is 210 g/mol. The summed E-state index contributed by atoms with van der Waals surface area (Å²) >= 11 is 0. The van der Waals surface area contributed by atoms with Gasteiger partial charge in [0.25, 0.3) is 0 Å². The van der Waals surface area contributed by atoms with E-state index in [4.69, 9.17) is 4.74 Å². The Bertz CT molecular complexity index is 263. The molecule has 1 atom stereocenters. The second-order valence-electron chi connectivity index (χ2n) is 3.41. The summed E-state index contributed by atoms with van der Waals surface area (Å²) < 4.78 is 4.70. The predicted molar refractivity (Wildman–Crippen MR) is 58.8 cm³/mol. The summed E-state index contributed by atoms with van der Waals surface area (Å²) in [4.78, 5) is 33.5. The van der Waals surface area contributed by atoms with Crippen LogP contribution in [0.2, 0.25) is 0 Å². The van der Waals surface area contributed by atoms with Gasteiger partial charge in [0, 0.05) is 12.8 Å². The molecule has 0 unspecified atom stereocenters. The topological polar surface area (TPSA) is 72.5 Å². The van der Waals surface area contributed by atoms with Crippen LogP contribution >= 0.6 is 0 Å². The molecule has 5 heteroatoms. The van der Waals surface area contributed by atoms with Crippen molar-refractivity contribution < 1.29 is 19.1 Å². The van der Waals surface area contributed by atoms with Crippen LogP contribution in [0.1, 0.15) is 40.0 Å². The first-order valence-corrected chi connectivity index (χ1v) is 5.48. The van der Waals surface area contributed by atoms with Crippen molar-refractivity contribution in [3.63, 3.8) is 0 Å². The lowest BCUT2D eigenvalue weighted by Gasteiger charge is -2.11. The lowest BCUT2D eigenvalue weighted by Crippen LogP contribution is -2.38.